The largest absolute Gasteiger partial charge is 0.473 e. The van der Waals surface area contributed by atoms with Gasteiger partial charge >= 0.3 is 0 Å². The molecule has 3 atom stereocenters. The first-order chi connectivity index (χ1) is 18.8. The van der Waals surface area contributed by atoms with Gasteiger partial charge in [0, 0.05) is 24.6 Å². The first-order valence-corrected chi connectivity index (χ1v) is 15.4. The summed E-state index contributed by atoms with van der Waals surface area (Å²) in [5.74, 6) is -0.0488. The molecule has 0 spiro atoms. The van der Waals surface area contributed by atoms with Crippen molar-refractivity contribution in [2.45, 2.75) is 67.0 Å². The Balaban J connectivity index is 1.22. The van der Waals surface area contributed by atoms with Gasteiger partial charge in [-0.25, -0.2) is 18.4 Å². The monoisotopic (exact) mass is 571 g/mol. The number of amides is 1. The Morgan fingerprint density at radius 2 is 1.87 bits per heavy atom. The standard InChI is InChI=1S/C26H29N5O6S2/c32-16-3-4-17(13-16)37-31-23(15-1-5-19(6-2-15)39(34,35)20-7-8-20)24(33)30-26-28-21-9-10-22(29-25(21)38-26)36-18-11-12-27-14-18/h1-2,5-6,9-10,16-18,20,27,32H,3-4,7-8,11-14H2,(H,28,30,33)/b31-23+/t16-,17-,18+/m1/s1. The highest BCUT2D eigenvalue weighted by atomic mass is 32.2. The van der Waals surface area contributed by atoms with Crippen LogP contribution >= 0.6 is 11.3 Å². The van der Waals surface area contributed by atoms with E-state index in [4.69, 9.17) is 9.57 Å². The molecule has 11 nitrogen and oxygen atoms in total. The van der Waals surface area contributed by atoms with Crippen molar-refractivity contribution in [2.24, 2.45) is 5.16 Å². The lowest BCUT2D eigenvalue weighted by molar-refractivity contribution is -0.110. The number of oxime groups is 1. The number of thiazole rings is 1. The number of aromatic nitrogens is 2. The molecular formula is C26H29N5O6S2. The fourth-order valence-electron chi connectivity index (χ4n) is 4.71. The minimum Gasteiger partial charge on any atom is -0.473 e. The Kier molecular flexibility index (Phi) is 7.23. The molecule has 3 N–H and O–H groups in total. The first-order valence-electron chi connectivity index (χ1n) is 13.1. The minimum atomic E-state index is -3.36. The van der Waals surface area contributed by atoms with E-state index in [0.717, 1.165) is 19.5 Å². The molecule has 2 saturated carbocycles. The second-order valence-corrected chi connectivity index (χ2v) is 13.3. The molecule has 13 heteroatoms. The summed E-state index contributed by atoms with van der Waals surface area (Å²) in [4.78, 5) is 28.9. The summed E-state index contributed by atoms with van der Waals surface area (Å²) < 4.78 is 31.1. The van der Waals surface area contributed by atoms with Gasteiger partial charge in [-0.3, -0.25) is 10.1 Å². The van der Waals surface area contributed by atoms with Crippen molar-refractivity contribution in [2.75, 3.05) is 18.4 Å². The predicted octanol–water partition coefficient (Wildman–Crippen LogP) is 2.64. The molecule has 206 valence electrons. The van der Waals surface area contributed by atoms with E-state index in [0.29, 0.717) is 59.0 Å². The van der Waals surface area contributed by atoms with Crippen LogP contribution in [0.1, 0.15) is 44.1 Å². The van der Waals surface area contributed by atoms with Gasteiger partial charge in [-0.1, -0.05) is 28.6 Å². The van der Waals surface area contributed by atoms with Crippen molar-refractivity contribution in [3.63, 3.8) is 0 Å². The van der Waals surface area contributed by atoms with Gasteiger partial charge in [0.1, 0.15) is 22.6 Å². The lowest BCUT2D eigenvalue weighted by Gasteiger charge is -2.11. The zero-order valence-electron chi connectivity index (χ0n) is 21.1. The van der Waals surface area contributed by atoms with Crippen molar-refractivity contribution in [1.29, 1.82) is 0 Å². The van der Waals surface area contributed by atoms with Crippen molar-refractivity contribution >= 4 is 48.3 Å². The SMILES string of the molecule is O=C(Nc1nc2ccc(O[C@H]3CCNC3)nc2s1)/C(=N/O[C@@H]1CC[C@@H](O)C1)c1ccc(S(=O)(=O)C2CC2)cc1. The highest BCUT2D eigenvalue weighted by Crippen LogP contribution is 2.33. The lowest BCUT2D eigenvalue weighted by Crippen LogP contribution is -2.25. The molecule has 3 heterocycles. The van der Waals surface area contributed by atoms with E-state index in [1.54, 1.807) is 24.3 Å². The predicted molar refractivity (Wildman–Crippen MR) is 146 cm³/mol. The molecule has 6 rings (SSSR count). The van der Waals surface area contributed by atoms with E-state index in [-0.39, 0.29) is 28.1 Å². The summed E-state index contributed by atoms with van der Waals surface area (Å²) in [7, 11) is -3.36. The van der Waals surface area contributed by atoms with Crippen LogP contribution in [0.5, 0.6) is 5.88 Å². The molecule has 2 aromatic heterocycles. The number of carbonyl (C=O) groups excluding carboxylic acids is 1. The van der Waals surface area contributed by atoms with Gasteiger partial charge < -0.3 is 20.0 Å². The van der Waals surface area contributed by atoms with Crippen molar-refractivity contribution in [3.05, 3.63) is 42.0 Å². The summed E-state index contributed by atoms with van der Waals surface area (Å²) in [6.45, 7) is 1.69. The third-order valence-corrected chi connectivity index (χ3v) is 10.2. The third-order valence-electron chi connectivity index (χ3n) is 7.04. The van der Waals surface area contributed by atoms with Gasteiger partial charge in [0.2, 0.25) is 5.88 Å². The van der Waals surface area contributed by atoms with Crippen LogP contribution in [0.25, 0.3) is 10.3 Å². The maximum atomic E-state index is 13.4. The van der Waals surface area contributed by atoms with Gasteiger partial charge in [-0.05, 0) is 56.8 Å². The van der Waals surface area contributed by atoms with Crippen LogP contribution in [0.3, 0.4) is 0 Å². The molecule has 2 aliphatic carbocycles. The zero-order valence-corrected chi connectivity index (χ0v) is 22.7. The summed E-state index contributed by atoms with van der Waals surface area (Å²) >= 11 is 1.21. The highest BCUT2D eigenvalue weighted by Gasteiger charge is 2.37. The quantitative estimate of drug-likeness (QED) is 0.260. The molecule has 1 aromatic carbocycles. The average Bonchev–Trinajstić information content (AvgIpc) is 3.30. The molecule has 3 fully saturated rings. The highest BCUT2D eigenvalue weighted by molar-refractivity contribution is 7.92. The lowest BCUT2D eigenvalue weighted by atomic mass is 10.1. The molecule has 3 aliphatic rings. The number of pyridine rings is 1. The van der Waals surface area contributed by atoms with E-state index in [9.17, 15) is 18.3 Å². The number of nitrogens with one attached hydrogen (secondary N) is 2. The van der Waals surface area contributed by atoms with Gasteiger partial charge in [-0.2, -0.15) is 0 Å². The second kappa shape index (κ2) is 10.8. The fourth-order valence-corrected chi connectivity index (χ4v) is 7.20. The third kappa shape index (κ3) is 5.91. The van der Waals surface area contributed by atoms with Crippen LogP contribution in [0.2, 0.25) is 0 Å². The Morgan fingerprint density at radius 1 is 1.05 bits per heavy atom. The molecule has 0 unspecified atom stereocenters. The Labute approximate surface area is 229 Å². The molecule has 0 bridgehead atoms. The average molecular weight is 572 g/mol. The van der Waals surface area contributed by atoms with Crippen LogP contribution in [0, 0.1) is 0 Å². The molecule has 1 amide bonds. The number of aliphatic hydroxyl groups excluding tert-OH is 1. The molecule has 0 radical (unpaired) electrons. The number of hydrogen-bond donors (Lipinski definition) is 3. The van der Waals surface area contributed by atoms with Crippen LogP contribution in [0.4, 0.5) is 5.13 Å². The maximum Gasteiger partial charge on any atom is 0.280 e. The van der Waals surface area contributed by atoms with E-state index >= 15 is 0 Å². The maximum absolute atomic E-state index is 13.4. The van der Waals surface area contributed by atoms with E-state index in [2.05, 4.69) is 25.8 Å². The molecular weight excluding hydrogens is 542 g/mol. The number of fused-ring (bicyclic) bond motifs is 1. The summed E-state index contributed by atoms with van der Waals surface area (Å²) in [5.41, 5.74) is 1.01. The van der Waals surface area contributed by atoms with E-state index < -0.39 is 21.8 Å². The topological polar surface area (TPSA) is 152 Å². The number of rotatable bonds is 9. The van der Waals surface area contributed by atoms with Gasteiger partial charge in [-0.15, -0.1) is 0 Å². The van der Waals surface area contributed by atoms with Crippen LogP contribution < -0.4 is 15.4 Å². The number of ether oxygens (including phenoxy) is 1. The van der Waals surface area contributed by atoms with Crippen molar-refractivity contribution < 1.29 is 27.9 Å². The molecule has 1 saturated heterocycles. The second-order valence-electron chi connectivity index (χ2n) is 10.1. The number of benzene rings is 1. The van der Waals surface area contributed by atoms with E-state index in [1.165, 1.54) is 23.5 Å². The normalized spacial score (nSPS) is 23.7. The zero-order chi connectivity index (χ0) is 27.0. The van der Waals surface area contributed by atoms with Crippen LogP contribution in [-0.4, -0.2) is 71.8 Å². The van der Waals surface area contributed by atoms with Crippen molar-refractivity contribution in [1.82, 2.24) is 15.3 Å². The summed E-state index contributed by atoms with van der Waals surface area (Å²) in [6, 6.07) is 9.67. The van der Waals surface area contributed by atoms with Gasteiger partial charge in [0.25, 0.3) is 5.91 Å². The molecule has 3 aromatic rings. The van der Waals surface area contributed by atoms with Gasteiger partial charge in [0.15, 0.2) is 20.7 Å². The van der Waals surface area contributed by atoms with Crippen molar-refractivity contribution in [3.8, 4) is 5.88 Å². The van der Waals surface area contributed by atoms with E-state index in [1.807, 2.05) is 0 Å². The Morgan fingerprint density at radius 3 is 2.56 bits per heavy atom. The number of carbonyl (C=O) groups is 1. The molecule has 1 aliphatic heterocycles. The first kappa shape index (κ1) is 26.1. The smallest absolute Gasteiger partial charge is 0.280 e. The number of aliphatic hydroxyl groups is 1. The summed E-state index contributed by atoms with van der Waals surface area (Å²) in [5, 5.41) is 20.0. The van der Waals surface area contributed by atoms with Crippen LogP contribution in [-0.2, 0) is 19.5 Å². The number of hydrogen-bond acceptors (Lipinski definition) is 11. The number of sulfone groups is 1. The number of nitrogens with zero attached hydrogens (tertiary/aromatic N) is 3. The minimum absolute atomic E-state index is 0.0169. The fraction of sp³-hybridized carbons (Fsp3) is 0.462. The number of anilines is 1. The molecule has 39 heavy (non-hydrogen) atoms. The Bertz CT molecular complexity index is 1500. The van der Waals surface area contributed by atoms with Crippen LogP contribution in [0.15, 0.2) is 46.4 Å². The van der Waals surface area contributed by atoms with Gasteiger partial charge in [0.05, 0.1) is 16.2 Å². The Hall–Kier alpha value is -3.13. The summed E-state index contributed by atoms with van der Waals surface area (Å²) in [6.07, 6.45) is 3.24.